The van der Waals surface area contributed by atoms with E-state index in [1.54, 1.807) is 18.3 Å². The molecule has 0 radical (unpaired) electrons. The molecule has 0 bridgehead atoms. The first-order valence-corrected chi connectivity index (χ1v) is 7.35. The first-order chi connectivity index (χ1) is 10.9. The van der Waals surface area contributed by atoms with E-state index in [1.165, 1.54) is 17.7 Å². The molecule has 2 aromatic carbocycles. The van der Waals surface area contributed by atoms with Crippen LogP contribution in [0.25, 0.3) is 0 Å². The molecule has 0 spiro atoms. The van der Waals surface area contributed by atoms with Gasteiger partial charge in [0.2, 0.25) is 0 Å². The molecule has 0 aliphatic carbocycles. The number of benzene rings is 2. The van der Waals surface area contributed by atoms with E-state index in [0.29, 0.717) is 0 Å². The minimum absolute atomic E-state index is 0.0659. The van der Waals surface area contributed by atoms with Gasteiger partial charge < -0.3 is 4.84 Å². The molecule has 23 heavy (non-hydrogen) atoms. The van der Waals surface area contributed by atoms with E-state index >= 15 is 0 Å². The Morgan fingerprint density at radius 2 is 1.70 bits per heavy atom. The number of nitro benzene ring substituents is 1. The van der Waals surface area contributed by atoms with Crippen molar-refractivity contribution in [1.82, 2.24) is 0 Å². The maximum atomic E-state index is 10.6. The van der Waals surface area contributed by atoms with Crippen molar-refractivity contribution in [3.63, 3.8) is 0 Å². The van der Waals surface area contributed by atoms with Crippen LogP contribution in [0.2, 0.25) is 0 Å². The highest BCUT2D eigenvalue weighted by molar-refractivity contribution is 5.79. The molecular formula is C18H20N2O3. The van der Waals surface area contributed by atoms with Gasteiger partial charge in [-0.05, 0) is 34.2 Å². The summed E-state index contributed by atoms with van der Waals surface area (Å²) in [6.07, 6.45) is 1.65. The second-order valence-electron chi connectivity index (χ2n) is 6.30. The third-order valence-corrected chi connectivity index (χ3v) is 3.43. The summed E-state index contributed by atoms with van der Waals surface area (Å²) in [5.41, 5.74) is 3.25. The lowest BCUT2D eigenvalue weighted by Gasteiger charge is -2.18. The van der Waals surface area contributed by atoms with Gasteiger partial charge in [0.25, 0.3) is 5.69 Å². The van der Waals surface area contributed by atoms with Gasteiger partial charge in [-0.3, -0.25) is 10.1 Å². The quantitative estimate of drug-likeness (QED) is 0.465. The molecule has 0 heterocycles. The van der Waals surface area contributed by atoms with E-state index in [0.717, 1.165) is 11.1 Å². The Balaban J connectivity index is 1.88. The van der Waals surface area contributed by atoms with Crippen LogP contribution in [0, 0.1) is 10.1 Å². The molecule has 0 atom stereocenters. The zero-order chi connectivity index (χ0) is 16.9. The average Bonchev–Trinajstić information content (AvgIpc) is 2.51. The van der Waals surface area contributed by atoms with E-state index < -0.39 is 4.92 Å². The van der Waals surface area contributed by atoms with Gasteiger partial charge in [0.15, 0.2) is 0 Å². The fourth-order valence-electron chi connectivity index (χ4n) is 1.99. The number of non-ortho nitro benzene ring substituents is 1. The largest absolute Gasteiger partial charge is 0.391 e. The van der Waals surface area contributed by atoms with Crippen LogP contribution in [0.1, 0.15) is 37.5 Å². The number of nitro groups is 1. The van der Waals surface area contributed by atoms with Crippen molar-refractivity contribution < 1.29 is 9.76 Å². The topological polar surface area (TPSA) is 64.7 Å². The van der Waals surface area contributed by atoms with Crippen LogP contribution < -0.4 is 0 Å². The highest BCUT2D eigenvalue weighted by atomic mass is 16.6. The normalized spacial score (nSPS) is 11.6. The molecule has 0 aliphatic heterocycles. The van der Waals surface area contributed by atoms with Gasteiger partial charge in [0.05, 0.1) is 11.1 Å². The molecule has 0 aromatic heterocycles. The summed E-state index contributed by atoms with van der Waals surface area (Å²) < 4.78 is 0. The fraction of sp³-hybridized carbons (Fsp3) is 0.278. The van der Waals surface area contributed by atoms with Crippen molar-refractivity contribution in [2.24, 2.45) is 5.16 Å². The van der Waals surface area contributed by atoms with Crippen molar-refractivity contribution in [2.75, 3.05) is 0 Å². The first-order valence-electron chi connectivity index (χ1n) is 7.35. The Hall–Kier alpha value is -2.69. The van der Waals surface area contributed by atoms with Crippen LogP contribution in [0.4, 0.5) is 5.69 Å². The van der Waals surface area contributed by atoms with E-state index in [1.807, 2.05) is 12.1 Å². The van der Waals surface area contributed by atoms with Crippen molar-refractivity contribution in [3.8, 4) is 0 Å². The van der Waals surface area contributed by atoms with Gasteiger partial charge >= 0.3 is 0 Å². The third kappa shape index (κ3) is 4.92. The Morgan fingerprint density at radius 3 is 2.22 bits per heavy atom. The van der Waals surface area contributed by atoms with Crippen LogP contribution in [-0.2, 0) is 16.9 Å². The fourth-order valence-corrected chi connectivity index (χ4v) is 1.99. The molecule has 120 valence electrons. The molecule has 5 heteroatoms. The summed E-state index contributed by atoms with van der Waals surface area (Å²) in [6.45, 7) is 6.78. The summed E-state index contributed by atoms with van der Waals surface area (Å²) in [6, 6.07) is 14.4. The molecule has 0 unspecified atom stereocenters. The molecule has 5 nitrogen and oxygen atoms in total. The third-order valence-electron chi connectivity index (χ3n) is 3.43. The predicted molar refractivity (Wildman–Crippen MR) is 90.6 cm³/mol. The first kappa shape index (κ1) is 16.7. The monoisotopic (exact) mass is 312 g/mol. The molecule has 2 aromatic rings. The summed E-state index contributed by atoms with van der Waals surface area (Å²) in [4.78, 5) is 15.4. The zero-order valence-corrected chi connectivity index (χ0v) is 13.5. The molecule has 0 amide bonds. The van der Waals surface area contributed by atoms with Gasteiger partial charge in [-0.25, -0.2) is 0 Å². The second kappa shape index (κ2) is 7.05. The van der Waals surface area contributed by atoms with Crippen molar-refractivity contribution in [3.05, 3.63) is 75.3 Å². The van der Waals surface area contributed by atoms with Crippen molar-refractivity contribution in [1.29, 1.82) is 0 Å². The second-order valence-corrected chi connectivity index (χ2v) is 6.30. The number of hydrogen-bond donors (Lipinski definition) is 0. The van der Waals surface area contributed by atoms with Gasteiger partial charge in [-0.1, -0.05) is 50.2 Å². The Labute approximate surface area is 135 Å². The smallest absolute Gasteiger partial charge is 0.269 e. The molecular weight excluding hydrogens is 292 g/mol. The lowest BCUT2D eigenvalue weighted by molar-refractivity contribution is -0.384. The number of hydrogen-bond acceptors (Lipinski definition) is 4. The SMILES string of the molecule is CC(C)(C)c1ccc(C=NOCc2ccc([N+](=O)[O-])cc2)cc1. The van der Waals surface area contributed by atoms with E-state index in [9.17, 15) is 10.1 Å². The Bertz CT molecular complexity index is 684. The van der Waals surface area contributed by atoms with Gasteiger partial charge in [-0.15, -0.1) is 0 Å². The minimum Gasteiger partial charge on any atom is -0.391 e. The van der Waals surface area contributed by atoms with Gasteiger partial charge in [-0.2, -0.15) is 0 Å². The molecule has 0 fully saturated rings. The van der Waals surface area contributed by atoms with Crippen LogP contribution >= 0.6 is 0 Å². The van der Waals surface area contributed by atoms with E-state index in [4.69, 9.17) is 4.84 Å². The molecule has 0 saturated heterocycles. The molecule has 2 rings (SSSR count). The van der Waals surface area contributed by atoms with Crippen LogP contribution in [-0.4, -0.2) is 11.1 Å². The lowest BCUT2D eigenvalue weighted by atomic mass is 9.87. The number of nitrogens with zero attached hydrogens (tertiary/aromatic N) is 2. The number of rotatable bonds is 5. The maximum Gasteiger partial charge on any atom is 0.269 e. The standard InChI is InChI=1S/C18H20N2O3/c1-18(2,3)16-8-4-14(5-9-16)12-19-23-13-15-6-10-17(11-7-15)20(21)22/h4-12H,13H2,1-3H3. The summed E-state index contributed by atoms with van der Waals surface area (Å²) in [5.74, 6) is 0. The van der Waals surface area contributed by atoms with Crippen molar-refractivity contribution in [2.45, 2.75) is 32.8 Å². The van der Waals surface area contributed by atoms with Crippen LogP contribution in [0.15, 0.2) is 53.7 Å². The molecule has 0 saturated carbocycles. The highest BCUT2D eigenvalue weighted by Crippen LogP contribution is 2.21. The predicted octanol–water partition coefficient (Wildman–Crippen LogP) is 4.44. The van der Waals surface area contributed by atoms with E-state index in [2.05, 4.69) is 38.1 Å². The summed E-state index contributed by atoms with van der Waals surface area (Å²) in [5, 5.41) is 14.5. The summed E-state index contributed by atoms with van der Waals surface area (Å²) in [7, 11) is 0. The maximum absolute atomic E-state index is 10.6. The lowest BCUT2D eigenvalue weighted by Crippen LogP contribution is -2.10. The summed E-state index contributed by atoms with van der Waals surface area (Å²) >= 11 is 0. The van der Waals surface area contributed by atoms with Crippen molar-refractivity contribution >= 4 is 11.9 Å². The Kier molecular flexibility index (Phi) is 5.11. The number of oxime groups is 1. The van der Waals surface area contributed by atoms with Gasteiger partial charge in [0.1, 0.15) is 6.61 Å². The van der Waals surface area contributed by atoms with E-state index in [-0.39, 0.29) is 17.7 Å². The average molecular weight is 312 g/mol. The Morgan fingerprint density at radius 1 is 1.09 bits per heavy atom. The van der Waals surface area contributed by atoms with Crippen LogP contribution in [0.3, 0.4) is 0 Å². The zero-order valence-electron chi connectivity index (χ0n) is 13.5. The molecule has 0 N–H and O–H groups in total. The highest BCUT2D eigenvalue weighted by Gasteiger charge is 2.12. The van der Waals surface area contributed by atoms with Gasteiger partial charge in [0, 0.05) is 12.1 Å². The minimum atomic E-state index is -0.427. The molecule has 0 aliphatic rings. The van der Waals surface area contributed by atoms with Crippen LogP contribution in [0.5, 0.6) is 0 Å².